The van der Waals surface area contributed by atoms with Crippen molar-refractivity contribution in [3.05, 3.63) is 11.6 Å². The Hall–Kier alpha value is -2.64. The first kappa shape index (κ1) is 29.9. The van der Waals surface area contributed by atoms with Crippen LogP contribution < -0.4 is 16.4 Å². The molecule has 38 heavy (non-hydrogen) atoms. The van der Waals surface area contributed by atoms with E-state index in [1.807, 2.05) is 6.92 Å². The van der Waals surface area contributed by atoms with E-state index >= 15 is 0 Å². The number of aliphatic carboxylic acids is 2. The monoisotopic (exact) mass is 555 g/mol. The minimum Gasteiger partial charge on any atom is -0.480 e. The average molecular weight is 556 g/mol. The van der Waals surface area contributed by atoms with Crippen molar-refractivity contribution in [3.63, 3.8) is 0 Å². The molecule has 12 nitrogen and oxygen atoms in total. The van der Waals surface area contributed by atoms with Crippen molar-refractivity contribution in [2.45, 2.75) is 82.3 Å². The number of hydrogen-bond donors (Lipinski definition) is 5. The van der Waals surface area contributed by atoms with E-state index < -0.39 is 48.3 Å². The number of thioether (sulfide) groups is 1. The second-order valence-corrected chi connectivity index (χ2v) is 11.5. The molecule has 1 unspecified atom stereocenters. The van der Waals surface area contributed by atoms with Gasteiger partial charge in [0, 0.05) is 23.8 Å². The van der Waals surface area contributed by atoms with Crippen molar-refractivity contribution in [2.75, 3.05) is 18.1 Å². The molecule has 0 saturated carbocycles. The number of nitrogens with one attached hydrogen (secondary N) is 2. The Morgan fingerprint density at radius 2 is 2.03 bits per heavy atom. The van der Waals surface area contributed by atoms with Gasteiger partial charge in [-0.15, -0.1) is 0 Å². The van der Waals surface area contributed by atoms with Crippen LogP contribution in [0.4, 0.5) is 0 Å². The summed E-state index contributed by atoms with van der Waals surface area (Å²) in [5, 5.41) is 22.6. The van der Waals surface area contributed by atoms with Crippen LogP contribution in [0.25, 0.3) is 0 Å². The highest BCUT2D eigenvalue weighted by Gasteiger charge is 2.62. The van der Waals surface area contributed by atoms with Gasteiger partial charge in [0.1, 0.15) is 30.8 Å². The van der Waals surface area contributed by atoms with E-state index in [4.69, 9.17) is 25.4 Å². The second-order valence-electron chi connectivity index (χ2n) is 10.4. The zero-order chi connectivity index (χ0) is 28.0. The lowest BCUT2D eigenvalue weighted by atomic mass is 9.81. The molecule has 0 radical (unpaired) electrons. The number of carbonyl (C=O) groups is 5. The standard InChI is InChI=1S/C25H37N3O9S/c1-13-4-3-9-25(2)21(37-25)20-14(6-5-13)15(24(35)36-20)11-38-12-17(22(32)27-10-19(30)31)28-18(29)8-7-16(26)23(33)34/h4,14-17,20-21H,3,5-12,26H2,1-2H3,(H,27,32)(H,28,29)(H,30,31)(H,33,34)/b13-4-/t14-,15?,16-,17-,20-,21+,25+/m0/s1. The molecule has 2 heterocycles. The number of fused-ring (bicyclic) bond motifs is 3. The fraction of sp³-hybridized carbons (Fsp3) is 0.720. The fourth-order valence-corrected chi connectivity index (χ4v) is 6.23. The molecule has 3 aliphatic rings. The van der Waals surface area contributed by atoms with Gasteiger partial charge in [-0.25, -0.2) is 0 Å². The summed E-state index contributed by atoms with van der Waals surface area (Å²) in [6, 6.07) is -2.30. The minimum atomic E-state index is -1.24. The Balaban J connectivity index is 1.62. The maximum Gasteiger partial charge on any atom is 0.322 e. The largest absolute Gasteiger partial charge is 0.480 e. The molecular formula is C25H37N3O9S. The zero-order valence-corrected chi connectivity index (χ0v) is 22.5. The Morgan fingerprint density at radius 1 is 1.29 bits per heavy atom. The summed E-state index contributed by atoms with van der Waals surface area (Å²) in [6.07, 6.45) is 4.82. The van der Waals surface area contributed by atoms with Gasteiger partial charge in [0.15, 0.2) is 0 Å². The van der Waals surface area contributed by atoms with Crippen LogP contribution in [0.1, 0.15) is 52.4 Å². The van der Waals surface area contributed by atoms with Gasteiger partial charge in [0.2, 0.25) is 11.8 Å². The van der Waals surface area contributed by atoms with E-state index in [1.54, 1.807) is 0 Å². The van der Waals surface area contributed by atoms with Crippen molar-refractivity contribution in [1.29, 1.82) is 0 Å². The zero-order valence-electron chi connectivity index (χ0n) is 21.6. The van der Waals surface area contributed by atoms with Crippen LogP contribution in [0.2, 0.25) is 0 Å². The number of rotatable bonds is 12. The summed E-state index contributed by atoms with van der Waals surface area (Å²) >= 11 is 1.29. The molecule has 6 N–H and O–H groups in total. The molecule has 7 atom stereocenters. The predicted molar refractivity (Wildman–Crippen MR) is 137 cm³/mol. The molecule has 2 saturated heterocycles. The number of carboxylic acids is 2. The third-order valence-corrected chi connectivity index (χ3v) is 8.55. The molecule has 212 valence electrons. The first-order valence-corrected chi connectivity index (χ1v) is 14.0. The number of epoxide rings is 1. The first-order valence-electron chi connectivity index (χ1n) is 12.8. The summed E-state index contributed by atoms with van der Waals surface area (Å²) < 4.78 is 11.8. The van der Waals surface area contributed by atoms with Crippen LogP contribution >= 0.6 is 11.8 Å². The molecule has 3 rings (SSSR count). The molecule has 2 amide bonds. The van der Waals surface area contributed by atoms with E-state index in [9.17, 15) is 24.0 Å². The summed E-state index contributed by atoms with van der Waals surface area (Å²) in [4.78, 5) is 59.6. The highest BCUT2D eigenvalue weighted by molar-refractivity contribution is 7.99. The number of amides is 2. The van der Waals surface area contributed by atoms with Crippen molar-refractivity contribution in [3.8, 4) is 0 Å². The van der Waals surface area contributed by atoms with Crippen LogP contribution in [-0.4, -0.2) is 87.9 Å². The molecule has 13 heteroatoms. The Bertz CT molecular complexity index is 974. The number of allylic oxidation sites excluding steroid dienone is 2. The van der Waals surface area contributed by atoms with Crippen LogP contribution in [0.3, 0.4) is 0 Å². The van der Waals surface area contributed by atoms with Crippen molar-refractivity contribution < 1.29 is 43.7 Å². The summed E-state index contributed by atoms with van der Waals surface area (Å²) in [5.41, 5.74) is 6.39. The Morgan fingerprint density at radius 3 is 2.71 bits per heavy atom. The second kappa shape index (κ2) is 12.9. The Kier molecular flexibility index (Phi) is 10.2. The van der Waals surface area contributed by atoms with Gasteiger partial charge in [0.05, 0.1) is 11.5 Å². The number of nitrogens with two attached hydrogens (primary N) is 1. The highest BCUT2D eigenvalue weighted by Crippen LogP contribution is 2.50. The van der Waals surface area contributed by atoms with Gasteiger partial charge in [-0.05, 0) is 46.0 Å². The third-order valence-electron chi connectivity index (χ3n) is 7.39. The lowest BCUT2D eigenvalue weighted by molar-refractivity contribution is -0.144. The predicted octanol–water partition coefficient (Wildman–Crippen LogP) is 0.433. The van der Waals surface area contributed by atoms with E-state index in [0.29, 0.717) is 5.75 Å². The summed E-state index contributed by atoms with van der Waals surface area (Å²) in [5.74, 6) is -4.07. The van der Waals surface area contributed by atoms with Gasteiger partial charge in [0.25, 0.3) is 0 Å². The number of carboxylic acid groups (broad SMARTS) is 2. The van der Waals surface area contributed by atoms with Crippen LogP contribution in [0, 0.1) is 11.8 Å². The molecule has 1 aliphatic carbocycles. The molecular weight excluding hydrogens is 518 g/mol. The van der Waals surface area contributed by atoms with Gasteiger partial charge >= 0.3 is 17.9 Å². The molecule has 0 spiro atoms. The normalized spacial score (nSPS) is 31.3. The van der Waals surface area contributed by atoms with Gasteiger partial charge in [-0.2, -0.15) is 11.8 Å². The molecule has 0 aromatic carbocycles. The highest BCUT2D eigenvalue weighted by atomic mass is 32.2. The maximum atomic E-state index is 12.9. The van der Waals surface area contributed by atoms with Crippen molar-refractivity contribution >= 4 is 41.5 Å². The SMILES string of the molecule is C/C1=C/CC[C@@]2(C)O[C@@H]2[C@H]2OC(=O)C(CSC[C@H](NC(=O)CC[C@H](N)C(=O)O)C(=O)NCC(=O)O)[C@@H]2CC1. The molecule has 0 bridgehead atoms. The smallest absolute Gasteiger partial charge is 0.322 e. The van der Waals surface area contributed by atoms with Crippen LogP contribution in [-0.2, 0) is 33.4 Å². The lowest BCUT2D eigenvalue weighted by Gasteiger charge is -2.23. The lowest BCUT2D eigenvalue weighted by Crippen LogP contribution is -2.49. The van der Waals surface area contributed by atoms with E-state index in [-0.39, 0.29) is 48.3 Å². The van der Waals surface area contributed by atoms with Crippen molar-refractivity contribution in [1.82, 2.24) is 10.6 Å². The molecule has 2 aliphatic heterocycles. The van der Waals surface area contributed by atoms with Gasteiger partial charge in [-0.3, -0.25) is 24.0 Å². The van der Waals surface area contributed by atoms with E-state index in [2.05, 4.69) is 23.6 Å². The minimum absolute atomic E-state index is 0.0466. The van der Waals surface area contributed by atoms with E-state index in [0.717, 1.165) is 25.7 Å². The summed E-state index contributed by atoms with van der Waals surface area (Å²) in [6.45, 7) is 3.51. The maximum absolute atomic E-state index is 12.9. The first-order chi connectivity index (χ1) is 17.9. The van der Waals surface area contributed by atoms with Crippen molar-refractivity contribution in [2.24, 2.45) is 17.6 Å². The number of carbonyl (C=O) groups excluding carboxylic acids is 3. The van der Waals surface area contributed by atoms with Gasteiger partial charge < -0.3 is 36.1 Å². The fourth-order valence-electron chi connectivity index (χ4n) is 4.99. The Labute approximate surface area is 225 Å². The number of esters is 1. The average Bonchev–Trinajstić information content (AvgIpc) is 3.42. The van der Waals surface area contributed by atoms with E-state index in [1.165, 1.54) is 17.3 Å². The van der Waals surface area contributed by atoms with Gasteiger partial charge in [-0.1, -0.05) is 11.6 Å². The molecule has 0 aromatic rings. The number of ether oxygens (including phenoxy) is 2. The number of hydrogen-bond acceptors (Lipinski definition) is 9. The van der Waals surface area contributed by atoms with Crippen LogP contribution in [0.15, 0.2) is 11.6 Å². The van der Waals surface area contributed by atoms with Crippen LogP contribution in [0.5, 0.6) is 0 Å². The topological polar surface area (TPSA) is 198 Å². The third kappa shape index (κ3) is 7.93. The molecule has 2 fully saturated rings. The quantitative estimate of drug-likeness (QED) is 0.127. The summed E-state index contributed by atoms with van der Waals surface area (Å²) in [7, 11) is 0. The molecule has 0 aromatic heterocycles.